The van der Waals surface area contributed by atoms with Gasteiger partial charge in [0.25, 0.3) is 0 Å². The summed E-state index contributed by atoms with van der Waals surface area (Å²) in [5, 5.41) is 0. The highest BCUT2D eigenvalue weighted by molar-refractivity contribution is 9.10. The summed E-state index contributed by atoms with van der Waals surface area (Å²) in [4.78, 5) is 0. The van der Waals surface area contributed by atoms with Crippen molar-refractivity contribution in [1.82, 2.24) is 0 Å². The Bertz CT molecular complexity index is 420. The van der Waals surface area contributed by atoms with Crippen molar-refractivity contribution in [2.45, 2.75) is 70.6 Å². The molecule has 1 aromatic carbocycles. The van der Waals surface area contributed by atoms with Crippen molar-refractivity contribution < 1.29 is 4.74 Å². The van der Waals surface area contributed by atoms with Crippen LogP contribution >= 0.6 is 15.9 Å². The molecule has 2 nitrogen and oxygen atoms in total. The maximum absolute atomic E-state index is 6.53. The molecule has 0 spiro atoms. The van der Waals surface area contributed by atoms with Crippen LogP contribution in [0.3, 0.4) is 0 Å². The van der Waals surface area contributed by atoms with Gasteiger partial charge in [-0.1, -0.05) is 61.2 Å². The summed E-state index contributed by atoms with van der Waals surface area (Å²) in [6, 6.07) is 8.48. The average Bonchev–Trinajstić information content (AvgIpc) is 2.53. The van der Waals surface area contributed by atoms with Gasteiger partial charge in [0.1, 0.15) is 0 Å². The van der Waals surface area contributed by atoms with E-state index in [0.717, 1.165) is 10.9 Å². The van der Waals surface area contributed by atoms with E-state index in [0.29, 0.717) is 12.0 Å². The summed E-state index contributed by atoms with van der Waals surface area (Å²) in [5.41, 5.74) is 7.56. The Balaban J connectivity index is 2.14. The highest BCUT2D eigenvalue weighted by atomic mass is 79.9. The molecule has 0 bridgehead atoms. The quantitative estimate of drug-likeness (QED) is 0.761. The molecule has 1 aliphatic carbocycles. The summed E-state index contributed by atoms with van der Waals surface area (Å²) in [6.07, 6.45) is 7.65. The molecule has 2 N–H and O–H groups in total. The van der Waals surface area contributed by atoms with Crippen molar-refractivity contribution in [3.63, 3.8) is 0 Å². The van der Waals surface area contributed by atoms with Gasteiger partial charge >= 0.3 is 0 Å². The molecule has 1 fully saturated rings. The Morgan fingerprint density at radius 3 is 2.48 bits per heavy atom. The molecule has 0 saturated heterocycles. The van der Waals surface area contributed by atoms with Crippen LogP contribution in [0.1, 0.15) is 64.0 Å². The molecule has 0 radical (unpaired) electrons. The minimum Gasteiger partial charge on any atom is -0.368 e. The number of nitrogens with two attached hydrogens (primary N) is 1. The second-order valence-corrected chi connectivity index (χ2v) is 7.09. The first-order valence-corrected chi connectivity index (χ1v) is 9.11. The van der Waals surface area contributed by atoms with Crippen LogP contribution < -0.4 is 5.73 Å². The highest BCUT2D eigenvalue weighted by Gasteiger charge is 2.29. The maximum Gasteiger partial charge on any atom is 0.0979 e. The minimum atomic E-state index is 0.0141. The van der Waals surface area contributed by atoms with Crippen LogP contribution in [-0.2, 0) is 4.74 Å². The highest BCUT2D eigenvalue weighted by Crippen LogP contribution is 2.34. The van der Waals surface area contributed by atoms with Crippen molar-refractivity contribution >= 4 is 15.9 Å². The monoisotopic (exact) mass is 353 g/mol. The van der Waals surface area contributed by atoms with Crippen LogP contribution in [0.2, 0.25) is 0 Å². The molecule has 1 aromatic rings. The lowest BCUT2D eigenvalue weighted by molar-refractivity contribution is -0.0725. The van der Waals surface area contributed by atoms with Crippen molar-refractivity contribution in [2.75, 3.05) is 0 Å². The van der Waals surface area contributed by atoms with E-state index in [1.807, 2.05) is 0 Å². The molecule has 21 heavy (non-hydrogen) atoms. The van der Waals surface area contributed by atoms with Gasteiger partial charge in [0.15, 0.2) is 0 Å². The van der Waals surface area contributed by atoms with E-state index < -0.39 is 0 Å². The molecule has 1 saturated carbocycles. The van der Waals surface area contributed by atoms with E-state index in [2.05, 4.69) is 54.0 Å². The third-order valence-electron chi connectivity index (χ3n) is 4.74. The zero-order valence-corrected chi connectivity index (χ0v) is 14.8. The van der Waals surface area contributed by atoms with Gasteiger partial charge in [-0.15, -0.1) is 0 Å². The number of hydrogen-bond donors (Lipinski definition) is 1. The standard InChI is InChI=1S/C18H28BrNO/c1-3-13-7-5-6-8-17(13)21-18(16(20)4-2)14-9-11-15(19)12-10-14/h9-13,16-18H,3-8,20H2,1-2H3. The molecule has 4 atom stereocenters. The molecule has 2 rings (SSSR count). The van der Waals surface area contributed by atoms with Gasteiger partial charge in [-0.25, -0.2) is 0 Å². The summed E-state index contributed by atoms with van der Waals surface area (Å²) >= 11 is 3.50. The Morgan fingerprint density at radius 2 is 1.86 bits per heavy atom. The molecule has 0 aromatic heterocycles. The van der Waals surface area contributed by atoms with Crippen LogP contribution in [0.5, 0.6) is 0 Å². The molecule has 4 unspecified atom stereocenters. The lowest BCUT2D eigenvalue weighted by Gasteiger charge is -2.36. The third kappa shape index (κ3) is 4.54. The van der Waals surface area contributed by atoms with E-state index in [-0.39, 0.29) is 12.1 Å². The largest absolute Gasteiger partial charge is 0.368 e. The Labute approximate surface area is 137 Å². The minimum absolute atomic E-state index is 0.0141. The molecule has 0 amide bonds. The zero-order valence-electron chi connectivity index (χ0n) is 13.2. The Hall–Kier alpha value is -0.380. The summed E-state index contributed by atoms with van der Waals surface area (Å²) in [5.74, 6) is 0.695. The molecule has 3 heteroatoms. The van der Waals surface area contributed by atoms with Crippen LogP contribution in [0, 0.1) is 5.92 Å². The molecular weight excluding hydrogens is 326 g/mol. The predicted octanol–water partition coefficient (Wildman–Crippen LogP) is 5.21. The number of ether oxygens (including phenoxy) is 1. The smallest absolute Gasteiger partial charge is 0.0979 e. The van der Waals surface area contributed by atoms with E-state index in [1.165, 1.54) is 37.7 Å². The number of hydrogen-bond acceptors (Lipinski definition) is 2. The lowest BCUT2D eigenvalue weighted by atomic mass is 9.84. The SMILES string of the molecule is CCC(N)C(OC1CCCCC1CC)c1ccc(Br)cc1. The first-order valence-electron chi connectivity index (χ1n) is 8.32. The normalized spacial score (nSPS) is 25.5. The van der Waals surface area contributed by atoms with E-state index in [1.54, 1.807) is 0 Å². The van der Waals surface area contributed by atoms with Crippen LogP contribution in [-0.4, -0.2) is 12.1 Å². The van der Waals surface area contributed by atoms with Crippen molar-refractivity contribution in [3.05, 3.63) is 34.3 Å². The molecule has 0 heterocycles. The second-order valence-electron chi connectivity index (χ2n) is 6.17. The van der Waals surface area contributed by atoms with Crippen molar-refractivity contribution in [1.29, 1.82) is 0 Å². The van der Waals surface area contributed by atoms with E-state index in [9.17, 15) is 0 Å². The van der Waals surface area contributed by atoms with Gasteiger partial charge in [-0.3, -0.25) is 0 Å². The van der Waals surface area contributed by atoms with Crippen LogP contribution in [0.15, 0.2) is 28.7 Å². The fraction of sp³-hybridized carbons (Fsp3) is 0.667. The fourth-order valence-electron chi connectivity index (χ4n) is 3.30. The second kappa shape index (κ2) is 8.30. The number of rotatable bonds is 6. The zero-order chi connectivity index (χ0) is 15.2. The lowest BCUT2D eigenvalue weighted by Crippen LogP contribution is -2.36. The van der Waals surface area contributed by atoms with E-state index in [4.69, 9.17) is 10.5 Å². The first kappa shape index (κ1) is 17.0. The number of halogens is 1. The van der Waals surface area contributed by atoms with Crippen molar-refractivity contribution in [2.24, 2.45) is 11.7 Å². The molecule has 0 aliphatic heterocycles. The van der Waals surface area contributed by atoms with Crippen LogP contribution in [0.25, 0.3) is 0 Å². The Morgan fingerprint density at radius 1 is 1.19 bits per heavy atom. The van der Waals surface area contributed by atoms with Gasteiger partial charge in [-0.05, 0) is 42.9 Å². The third-order valence-corrected chi connectivity index (χ3v) is 5.27. The van der Waals surface area contributed by atoms with Gasteiger partial charge in [0.05, 0.1) is 12.2 Å². The average molecular weight is 354 g/mol. The molecule has 118 valence electrons. The first-order chi connectivity index (χ1) is 10.2. The number of benzene rings is 1. The predicted molar refractivity (Wildman–Crippen MR) is 92.3 cm³/mol. The topological polar surface area (TPSA) is 35.2 Å². The maximum atomic E-state index is 6.53. The van der Waals surface area contributed by atoms with Crippen LogP contribution in [0.4, 0.5) is 0 Å². The van der Waals surface area contributed by atoms with Gasteiger partial charge in [-0.2, -0.15) is 0 Å². The Kier molecular flexibility index (Phi) is 6.72. The molecule has 1 aliphatic rings. The fourth-order valence-corrected chi connectivity index (χ4v) is 3.57. The van der Waals surface area contributed by atoms with Crippen molar-refractivity contribution in [3.8, 4) is 0 Å². The summed E-state index contributed by atoms with van der Waals surface area (Å²) < 4.78 is 7.63. The van der Waals surface area contributed by atoms with Gasteiger partial charge in [0.2, 0.25) is 0 Å². The van der Waals surface area contributed by atoms with Gasteiger partial charge < -0.3 is 10.5 Å². The van der Waals surface area contributed by atoms with E-state index >= 15 is 0 Å². The van der Waals surface area contributed by atoms with Gasteiger partial charge in [0, 0.05) is 10.5 Å². The molecular formula is C18H28BrNO. The summed E-state index contributed by atoms with van der Waals surface area (Å²) in [7, 11) is 0. The summed E-state index contributed by atoms with van der Waals surface area (Å²) in [6.45, 7) is 4.42.